The second kappa shape index (κ2) is 8.18. The standard InChI is InChI=1S/C17H21BrN2O3S/c1-17(2,11-5-7-12(18)8-6-11)13(10-21)24-16-19-14(22-3)9-15(20-16)23-4/h5-9,13,21H,10H2,1-4H3. The van der Waals surface area contributed by atoms with E-state index in [9.17, 15) is 5.11 Å². The summed E-state index contributed by atoms with van der Waals surface area (Å²) < 4.78 is 11.4. The fraction of sp³-hybridized carbons (Fsp3) is 0.412. The Morgan fingerprint density at radius 3 is 2.12 bits per heavy atom. The molecule has 0 aliphatic rings. The van der Waals surface area contributed by atoms with Crippen molar-refractivity contribution in [2.24, 2.45) is 0 Å². The van der Waals surface area contributed by atoms with E-state index < -0.39 is 0 Å². The number of aromatic nitrogens is 2. The van der Waals surface area contributed by atoms with Gasteiger partial charge >= 0.3 is 0 Å². The topological polar surface area (TPSA) is 64.5 Å². The first kappa shape index (κ1) is 19.0. The molecule has 0 spiro atoms. The highest BCUT2D eigenvalue weighted by Crippen LogP contribution is 2.38. The molecule has 5 nitrogen and oxygen atoms in total. The Morgan fingerprint density at radius 2 is 1.67 bits per heavy atom. The number of aliphatic hydroxyl groups excluding tert-OH is 1. The van der Waals surface area contributed by atoms with Crippen molar-refractivity contribution in [1.29, 1.82) is 0 Å². The molecule has 0 aliphatic heterocycles. The maximum absolute atomic E-state index is 9.94. The van der Waals surface area contributed by atoms with Crippen molar-refractivity contribution < 1.29 is 14.6 Å². The van der Waals surface area contributed by atoms with Gasteiger partial charge in [0.05, 0.1) is 26.9 Å². The molecule has 1 unspecified atom stereocenters. The molecule has 24 heavy (non-hydrogen) atoms. The molecule has 0 bridgehead atoms. The molecular formula is C17H21BrN2O3S. The second-order valence-corrected chi connectivity index (χ2v) is 7.84. The van der Waals surface area contributed by atoms with Crippen molar-refractivity contribution in [2.75, 3.05) is 20.8 Å². The summed E-state index contributed by atoms with van der Waals surface area (Å²) in [5.41, 5.74) is 0.854. The highest BCUT2D eigenvalue weighted by molar-refractivity contribution is 9.10. The monoisotopic (exact) mass is 412 g/mol. The lowest BCUT2D eigenvalue weighted by molar-refractivity contribution is 0.260. The van der Waals surface area contributed by atoms with Crippen LogP contribution < -0.4 is 9.47 Å². The lowest BCUT2D eigenvalue weighted by atomic mass is 9.81. The number of benzene rings is 1. The smallest absolute Gasteiger partial charge is 0.220 e. The zero-order valence-corrected chi connectivity index (χ0v) is 16.5. The van der Waals surface area contributed by atoms with Crippen molar-refractivity contribution in [3.05, 3.63) is 40.4 Å². The third-order valence-corrected chi connectivity index (χ3v) is 5.83. The van der Waals surface area contributed by atoms with Crippen molar-refractivity contribution in [3.8, 4) is 11.8 Å². The number of ether oxygens (including phenoxy) is 2. The van der Waals surface area contributed by atoms with Crippen LogP contribution in [0.1, 0.15) is 19.4 Å². The number of halogens is 1. The third-order valence-electron chi connectivity index (χ3n) is 3.88. The summed E-state index contributed by atoms with van der Waals surface area (Å²) in [5.74, 6) is 0.866. The summed E-state index contributed by atoms with van der Waals surface area (Å²) in [6.45, 7) is 4.19. The zero-order chi connectivity index (χ0) is 17.7. The molecule has 1 heterocycles. The lowest BCUT2D eigenvalue weighted by Gasteiger charge is -2.33. The molecule has 0 radical (unpaired) electrons. The van der Waals surface area contributed by atoms with Crippen LogP contribution in [-0.4, -0.2) is 41.2 Å². The van der Waals surface area contributed by atoms with Crippen LogP contribution in [0.3, 0.4) is 0 Å². The zero-order valence-electron chi connectivity index (χ0n) is 14.1. The quantitative estimate of drug-likeness (QED) is 0.552. The van der Waals surface area contributed by atoms with Crippen LogP contribution in [-0.2, 0) is 5.41 Å². The summed E-state index contributed by atoms with van der Waals surface area (Å²) in [6.07, 6.45) is 0. The SMILES string of the molecule is COc1cc(OC)nc(SC(CO)C(C)(C)c2ccc(Br)cc2)n1. The van der Waals surface area contributed by atoms with Gasteiger partial charge < -0.3 is 14.6 Å². The van der Waals surface area contributed by atoms with Gasteiger partial charge in [0.15, 0.2) is 5.16 Å². The number of hydrogen-bond acceptors (Lipinski definition) is 6. The van der Waals surface area contributed by atoms with E-state index in [2.05, 4.69) is 51.9 Å². The fourth-order valence-electron chi connectivity index (χ4n) is 2.25. The number of nitrogens with zero attached hydrogens (tertiary/aromatic N) is 2. The van der Waals surface area contributed by atoms with Gasteiger partial charge in [-0.15, -0.1) is 0 Å². The summed E-state index contributed by atoms with van der Waals surface area (Å²) in [7, 11) is 3.09. The molecule has 0 saturated heterocycles. The molecule has 0 fully saturated rings. The van der Waals surface area contributed by atoms with E-state index in [0.717, 1.165) is 10.0 Å². The molecule has 0 aliphatic carbocycles. The molecule has 0 saturated carbocycles. The summed E-state index contributed by atoms with van der Waals surface area (Å²) in [5, 5.41) is 10.3. The summed E-state index contributed by atoms with van der Waals surface area (Å²) in [6, 6.07) is 9.74. The van der Waals surface area contributed by atoms with E-state index in [1.807, 2.05) is 12.1 Å². The van der Waals surface area contributed by atoms with Crippen LogP contribution in [0.15, 0.2) is 40.0 Å². The molecule has 1 atom stereocenters. The molecule has 2 rings (SSSR count). The average Bonchev–Trinajstić information content (AvgIpc) is 2.59. The van der Waals surface area contributed by atoms with Gasteiger partial charge in [-0.3, -0.25) is 0 Å². The van der Waals surface area contributed by atoms with Gasteiger partial charge in [-0.05, 0) is 17.7 Å². The summed E-state index contributed by atoms with van der Waals surface area (Å²) in [4.78, 5) is 8.68. The minimum Gasteiger partial charge on any atom is -0.481 e. The number of methoxy groups -OCH3 is 2. The number of thioether (sulfide) groups is 1. The van der Waals surface area contributed by atoms with Crippen molar-refractivity contribution in [2.45, 2.75) is 29.7 Å². The summed E-state index contributed by atoms with van der Waals surface area (Å²) >= 11 is 4.86. The maximum Gasteiger partial charge on any atom is 0.220 e. The van der Waals surface area contributed by atoms with E-state index in [-0.39, 0.29) is 17.3 Å². The van der Waals surface area contributed by atoms with Gasteiger partial charge in [0.1, 0.15) is 0 Å². The Kier molecular flexibility index (Phi) is 6.48. The first-order valence-electron chi connectivity index (χ1n) is 7.41. The average molecular weight is 413 g/mol. The number of rotatable bonds is 7. The first-order valence-corrected chi connectivity index (χ1v) is 9.08. The van der Waals surface area contributed by atoms with Crippen LogP contribution in [0.2, 0.25) is 0 Å². The Hall–Kier alpha value is -1.31. The predicted octanol–water partition coefficient (Wildman–Crippen LogP) is 3.69. The lowest BCUT2D eigenvalue weighted by Crippen LogP contribution is -2.34. The van der Waals surface area contributed by atoms with Gasteiger partial charge in [0.2, 0.25) is 11.8 Å². The van der Waals surface area contributed by atoms with Gasteiger partial charge in [-0.25, -0.2) is 0 Å². The van der Waals surface area contributed by atoms with E-state index in [0.29, 0.717) is 16.9 Å². The van der Waals surface area contributed by atoms with Crippen LogP contribution in [0, 0.1) is 0 Å². The Morgan fingerprint density at radius 1 is 1.12 bits per heavy atom. The molecule has 1 aromatic heterocycles. The maximum atomic E-state index is 9.94. The third kappa shape index (κ3) is 4.40. The molecule has 7 heteroatoms. The van der Waals surface area contributed by atoms with Gasteiger partial charge in [0.25, 0.3) is 0 Å². The van der Waals surface area contributed by atoms with Crippen molar-refractivity contribution >= 4 is 27.7 Å². The molecule has 1 aromatic carbocycles. The van der Waals surface area contributed by atoms with Crippen LogP contribution in [0.5, 0.6) is 11.8 Å². The van der Waals surface area contributed by atoms with E-state index in [1.54, 1.807) is 20.3 Å². The highest BCUT2D eigenvalue weighted by atomic mass is 79.9. The highest BCUT2D eigenvalue weighted by Gasteiger charge is 2.32. The predicted molar refractivity (Wildman–Crippen MR) is 99.0 cm³/mol. The number of aliphatic hydroxyl groups is 1. The van der Waals surface area contributed by atoms with Gasteiger partial charge in [-0.2, -0.15) is 9.97 Å². The minimum absolute atomic E-state index is 0.00336. The van der Waals surface area contributed by atoms with Gasteiger partial charge in [-0.1, -0.05) is 53.7 Å². The largest absolute Gasteiger partial charge is 0.481 e. The first-order chi connectivity index (χ1) is 11.4. The molecule has 0 amide bonds. The fourth-order valence-corrected chi connectivity index (χ4v) is 3.56. The Labute approximate surface area is 154 Å². The molecular weight excluding hydrogens is 392 g/mol. The second-order valence-electron chi connectivity index (χ2n) is 5.75. The van der Waals surface area contributed by atoms with E-state index >= 15 is 0 Å². The molecule has 1 N–H and O–H groups in total. The van der Waals surface area contributed by atoms with Crippen molar-refractivity contribution in [1.82, 2.24) is 9.97 Å². The van der Waals surface area contributed by atoms with E-state index in [1.165, 1.54) is 11.8 Å². The van der Waals surface area contributed by atoms with Crippen LogP contribution >= 0.6 is 27.7 Å². The Bertz CT molecular complexity index is 658. The minimum atomic E-state index is -0.278. The Balaban J connectivity index is 2.29. The van der Waals surface area contributed by atoms with Gasteiger partial charge in [0, 0.05) is 15.1 Å². The van der Waals surface area contributed by atoms with Crippen LogP contribution in [0.25, 0.3) is 0 Å². The molecule has 130 valence electrons. The van der Waals surface area contributed by atoms with Crippen molar-refractivity contribution in [3.63, 3.8) is 0 Å². The normalized spacial score (nSPS) is 12.8. The molecule has 2 aromatic rings. The van der Waals surface area contributed by atoms with E-state index in [4.69, 9.17) is 9.47 Å². The number of hydrogen-bond donors (Lipinski definition) is 1. The van der Waals surface area contributed by atoms with Crippen LogP contribution in [0.4, 0.5) is 0 Å².